The van der Waals surface area contributed by atoms with Crippen LogP contribution >= 0.6 is 0 Å². The number of hydrogen-bond acceptors (Lipinski definition) is 3. The van der Waals surface area contributed by atoms with Crippen molar-refractivity contribution in [3.8, 4) is 0 Å². The summed E-state index contributed by atoms with van der Waals surface area (Å²) < 4.78 is 5.46. The van der Waals surface area contributed by atoms with Gasteiger partial charge in [0.15, 0.2) is 0 Å². The van der Waals surface area contributed by atoms with Crippen molar-refractivity contribution in [3.05, 3.63) is 35.9 Å². The molecule has 1 aromatic rings. The quantitative estimate of drug-likeness (QED) is 0.924. The number of ether oxygens (including phenoxy) is 1. The van der Waals surface area contributed by atoms with Gasteiger partial charge in [0.1, 0.15) is 5.41 Å². The van der Waals surface area contributed by atoms with E-state index in [0.717, 1.165) is 32.4 Å². The number of carboxylic acid groups (broad SMARTS) is 1. The Morgan fingerprint density at radius 1 is 1.38 bits per heavy atom. The third kappa shape index (κ3) is 3.11. The Bertz CT molecular complexity index is 482. The van der Waals surface area contributed by atoms with E-state index in [1.54, 1.807) is 0 Å². The molecular formula is C17H23NO3. The highest BCUT2D eigenvalue weighted by Crippen LogP contribution is 2.34. The van der Waals surface area contributed by atoms with Gasteiger partial charge < -0.3 is 14.7 Å². The maximum absolute atomic E-state index is 11.7. The van der Waals surface area contributed by atoms with Crippen molar-refractivity contribution in [2.75, 3.05) is 32.8 Å². The maximum atomic E-state index is 11.7. The smallest absolute Gasteiger partial charge is 0.313 e. The number of hydrogen-bond donors (Lipinski definition) is 1. The Balaban J connectivity index is 1.64. The van der Waals surface area contributed by atoms with Crippen LogP contribution in [0.5, 0.6) is 0 Å². The van der Waals surface area contributed by atoms with Crippen LogP contribution in [0.1, 0.15) is 30.7 Å². The number of benzene rings is 1. The number of nitrogens with zero attached hydrogens (tertiary/aromatic N) is 1. The first kappa shape index (κ1) is 14.5. The molecule has 1 aromatic carbocycles. The normalized spacial score (nSPS) is 30.4. The summed E-state index contributed by atoms with van der Waals surface area (Å²) in [4.78, 5) is 14.0. The minimum Gasteiger partial charge on any atom is -0.481 e. The molecule has 0 radical (unpaired) electrons. The number of carboxylic acids is 1. The van der Waals surface area contributed by atoms with E-state index in [2.05, 4.69) is 29.2 Å². The Morgan fingerprint density at radius 2 is 2.19 bits per heavy atom. The van der Waals surface area contributed by atoms with Crippen LogP contribution in [0.4, 0.5) is 0 Å². The molecule has 2 aliphatic rings. The summed E-state index contributed by atoms with van der Waals surface area (Å²) in [5.41, 5.74) is 0.661. The van der Waals surface area contributed by atoms with Gasteiger partial charge in [0.25, 0.3) is 0 Å². The highest BCUT2D eigenvalue weighted by Gasteiger charge is 2.43. The molecule has 4 heteroatoms. The van der Waals surface area contributed by atoms with Gasteiger partial charge in [-0.05, 0) is 37.3 Å². The fourth-order valence-electron chi connectivity index (χ4n) is 3.61. The first-order chi connectivity index (χ1) is 10.2. The largest absolute Gasteiger partial charge is 0.481 e. The predicted octanol–water partition coefficient (Wildman–Crippen LogP) is 2.36. The van der Waals surface area contributed by atoms with Gasteiger partial charge in [0.2, 0.25) is 0 Å². The molecule has 114 valence electrons. The lowest BCUT2D eigenvalue weighted by Crippen LogP contribution is -2.47. The van der Waals surface area contributed by atoms with Crippen LogP contribution in [-0.4, -0.2) is 48.8 Å². The molecule has 1 N–H and O–H groups in total. The standard InChI is InChI=1S/C17H23NO3/c19-16(20)17(8-4-10-21-13-17)12-18-9-7-15(11-18)14-5-2-1-3-6-14/h1-3,5-6,15H,4,7-13H2,(H,19,20). The average Bonchev–Trinajstić information content (AvgIpc) is 2.97. The molecule has 0 bridgehead atoms. The van der Waals surface area contributed by atoms with Gasteiger partial charge in [0, 0.05) is 19.7 Å². The van der Waals surface area contributed by atoms with Crippen LogP contribution in [0, 0.1) is 5.41 Å². The summed E-state index contributed by atoms with van der Waals surface area (Å²) in [5.74, 6) is -0.174. The van der Waals surface area contributed by atoms with Gasteiger partial charge in [-0.3, -0.25) is 4.79 Å². The first-order valence-electron chi connectivity index (χ1n) is 7.78. The van der Waals surface area contributed by atoms with Crippen molar-refractivity contribution in [2.45, 2.75) is 25.2 Å². The minimum absolute atomic E-state index is 0.356. The van der Waals surface area contributed by atoms with Crippen LogP contribution < -0.4 is 0 Å². The van der Waals surface area contributed by atoms with Gasteiger partial charge >= 0.3 is 5.97 Å². The zero-order chi connectivity index (χ0) is 14.7. The average molecular weight is 289 g/mol. The molecule has 0 amide bonds. The highest BCUT2D eigenvalue weighted by molar-refractivity contribution is 5.75. The molecule has 0 aliphatic carbocycles. The molecule has 2 heterocycles. The van der Waals surface area contributed by atoms with E-state index >= 15 is 0 Å². The van der Waals surface area contributed by atoms with Crippen LogP contribution in [0.2, 0.25) is 0 Å². The predicted molar refractivity (Wildman–Crippen MR) is 80.4 cm³/mol. The molecule has 2 atom stereocenters. The molecular weight excluding hydrogens is 266 g/mol. The fraction of sp³-hybridized carbons (Fsp3) is 0.588. The summed E-state index contributed by atoms with van der Waals surface area (Å²) in [6, 6.07) is 10.5. The first-order valence-corrected chi connectivity index (χ1v) is 7.78. The minimum atomic E-state index is -0.705. The Labute approximate surface area is 125 Å². The van der Waals surface area contributed by atoms with Crippen molar-refractivity contribution in [3.63, 3.8) is 0 Å². The lowest BCUT2D eigenvalue weighted by atomic mass is 9.82. The summed E-state index contributed by atoms with van der Waals surface area (Å²) >= 11 is 0. The Hall–Kier alpha value is -1.39. The van der Waals surface area contributed by atoms with E-state index in [-0.39, 0.29) is 0 Å². The molecule has 2 fully saturated rings. The number of aliphatic carboxylic acids is 1. The number of rotatable bonds is 4. The monoisotopic (exact) mass is 289 g/mol. The second-order valence-electron chi connectivity index (χ2n) is 6.37. The van der Waals surface area contributed by atoms with Gasteiger partial charge in [-0.15, -0.1) is 0 Å². The number of carbonyl (C=O) groups is 1. The Morgan fingerprint density at radius 3 is 2.86 bits per heavy atom. The van der Waals surface area contributed by atoms with E-state index in [0.29, 0.717) is 25.7 Å². The van der Waals surface area contributed by atoms with Gasteiger partial charge in [-0.25, -0.2) is 0 Å². The van der Waals surface area contributed by atoms with Gasteiger partial charge in [-0.2, -0.15) is 0 Å². The second-order valence-corrected chi connectivity index (χ2v) is 6.37. The molecule has 0 saturated carbocycles. The van der Waals surface area contributed by atoms with Gasteiger partial charge in [0.05, 0.1) is 6.61 Å². The highest BCUT2D eigenvalue weighted by atomic mass is 16.5. The van der Waals surface area contributed by atoms with Crippen molar-refractivity contribution >= 4 is 5.97 Å². The number of likely N-dealkylation sites (tertiary alicyclic amines) is 1. The van der Waals surface area contributed by atoms with Crippen LogP contribution in [0.15, 0.2) is 30.3 Å². The molecule has 2 unspecified atom stereocenters. The van der Waals surface area contributed by atoms with E-state index in [1.165, 1.54) is 5.56 Å². The van der Waals surface area contributed by atoms with Crippen molar-refractivity contribution in [2.24, 2.45) is 5.41 Å². The molecule has 21 heavy (non-hydrogen) atoms. The SMILES string of the molecule is O=C(O)C1(CN2CCC(c3ccccc3)C2)CCCOC1. The molecule has 0 aromatic heterocycles. The molecule has 2 saturated heterocycles. The third-order valence-electron chi connectivity index (χ3n) is 4.85. The third-order valence-corrected chi connectivity index (χ3v) is 4.85. The topological polar surface area (TPSA) is 49.8 Å². The van der Waals surface area contributed by atoms with E-state index in [1.807, 2.05) is 6.07 Å². The van der Waals surface area contributed by atoms with Crippen LogP contribution in [0.25, 0.3) is 0 Å². The molecule has 3 rings (SSSR count). The van der Waals surface area contributed by atoms with Crippen LogP contribution in [0.3, 0.4) is 0 Å². The van der Waals surface area contributed by atoms with E-state index < -0.39 is 11.4 Å². The van der Waals surface area contributed by atoms with Crippen LogP contribution in [-0.2, 0) is 9.53 Å². The van der Waals surface area contributed by atoms with Crippen molar-refractivity contribution in [1.82, 2.24) is 4.90 Å². The molecule has 0 spiro atoms. The summed E-state index contributed by atoms with van der Waals surface area (Å²) in [7, 11) is 0. The van der Waals surface area contributed by atoms with Crippen molar-refractivity contribution < 1.29 is 14.6 Å². The Kier molecular flexibility index (Phi) is 4.27. The van der Waals surface area contributed by atoms with E-state index in [4.69, 9.17) is 4.74 Å². The summed E-state index contributed by atoms with van der Waals surface area (Å²) in [5, 5.41) is 9.63. The zero-order valence-corrected chi connectivity index (χ0v) is 12.3. The second kappa shape index (κ2) is 6.16. The van der Waals surface area contributed by atoms with Crippen molar-refractivity contribution in [1.29, 1.82) is 0 Å². The fourth-order valence-corrected chi connectivity index (χ4v) is 3.61. The van der Waals surface area contributed by atoms with Gasteiger partial charge in [-0.1, -0.05) is 30.3 Å². The maximum Gasteiger partial charge on any atom is 0.313 e. The zero-order valence-electron chi connectivity index (χ0n) is 12.3. The lowest BCUT2D eigenvalue weighted by Gasteiger charge is -2.36. The lowest BCUT2D eigenvalue weighted by molar-refractivity contribution is -0.159. The molecule has 4 nitrogen and oxygen atoms in total. The molecule has 2 aliphatic heterocycles. The summed E-state index contributed by atoms with van der Waals surface area (Å²) in [6.45, 7) is 3.61. The summed E-state index contributed by atoms with van der Waals surface area (Å²) in [6.07, 6.45) is 2.69. The van der Waals surface area contributed by atoms with E-state index in [9.17, 15) is 9.90 Å².